The molecular formula is C22H32N6O2S. The largest absolute Gasteiger partial charge is 0.354 e. The van der Waals surface area contributed by atoms with Crippen molar-refractivity contribution in [1.82, 2.24) is 19.2 Å². The van der Waals surface area contributed by atoms with Crippen molar-refractivity contribution in [3.63, 3.8) is 0 Å². The third kappa shape index (κ3) is 4.83. The first-order chi connectivity index (χ1) is 14.9. The molecule has 8 nitrogen and oxygen atoms in total. The molecule has 31 heavy (non-hydrogen) atoms. The van der Waals surface area contributed by atoms with E-state index >= 15 is 0 Å². The summed E-state index contributed by atoms with van der Waals surface area (Å²) >= 11 is 0. The lowest BCUT2D eigenvalue weighted by Crippen LogP contribution is -2.49. The molecule has 1 aromatic heterocycles. The van der Waals surface area contributed by atoms with E-state index in [9.17, 15) is 8.42 Å². The Labute approximate surface area is 185 Å². The summed E-state index contributed by atoms with van der Waals surface area (Å²) in [6, 6.07) is 9.25. The van der Waals surface area contributed by atoms with E-state index in [0.29, 0.717) is 37.0 Å². The van der Waals surface area contributed by atoms with Crippen molar-refractivity contribution in [2.24, 2.45) is 0 Å². The van der Waals surface area contributed by atoms with Crippen molar-refractivity contribution in [2.45, 2.75) is 25.2 Å². The highest BCUT2D eigenvalue weighted by molar-refractivity contribution is 7.89. The van der Waals surface area contributed by atoms with Gasteiger partial charge in [0, 0.05) is 64.1 Å². The van der Waals surface area contributed by atoms with E-state index in [1.54, 1.807) is 16.4 Å². The molecule has 0 atom stereocenters. The molecule has 0 aliphatic carbocycles. The van der Waals surface area contributed by atoms with Crippen LogP contribution in [0.4, 0.5) is 11.8 Å². The number of sulfonamides is 1. The van der Waals surface area contributed by atoms with Gasteiger partial charge in [0.05, 0.1) is 4.90 Å². The molecule has 3 heterocycles. The quantitative estimate of drug-likeness (QED) is 0.694. The first-order valence-corrected chi connectivity index (χ1v) is 12.4. The molecule has 2 fully saturated rings. The van der Waals surface area contributed by atoms with Crippen LogP contribution in [-0.2, 0) is 16.4 Å². The van der Waals surface area contributed by atoms with E-state index in [1.807, 2.05) is 25.1 Å². The Bertz CT molecular complexity index is 995. The second-order valence-electron chi connectivity index (χ2n) is 8.35. The molecule has 2 aliphatic heterocycles. The molecule has 0 saturated carbocycles. The minimum absolute atomic E-state index is 0.363. The van der Waals surface area contributed by atoms with Crippen LogP contribution in [0.25, 0.3) is 0 Å². The first kappa shape index (κ1) is 22.0. The van der Waals surface area contributed by atoms with Crippen molar-refractivity contribution in [2.75, 3.05) is 69.2 Å². The molecule has 0 unspecified atom stereocenters. The minimum Gasteiger partial charge on any atom is -0.354 e. The van der Waals surface area contributed by atoms with Gasteiger partial charge in [0.15, 0.2) is 0 Å². The number of aryl methyl sites for hydroxylation is 2. The highest BCUT2D eigenvalue weighted by Gasteiger charge is 2.29. The minimum atomic E-state index is -3.48. The molecule has 0 amide bonds. The summed E-state index contributed by atoms with van der Waals surface area (Å²) in [5, 5.41) is 0. The van der Waals surface area contributed by atoms with Gasteiger partial charge in [-0.25, -0.2) is 13.4 Å². The van der Waals surface area contributed by atoms with Crippen LogP contribution < -0.4 is 9.80 Å². The monoisotopic (exact) mass is 444 g/mol. The highest BCUT2D eigenvalue weighted by Crippen LogP contribution is 2.22. The predicted molar refractivity (Wildman–Crippen MR) is 123 cm³/mol. The van der Waals surface area contributed by atoms with E-state index in [0.717, 1.165) is 49.7 Å². The average molecular weight is 445 g/mol. The zero-order chi connectivity index (χ0) is 22.0. The van der Waals surface area contributed by atoms with Crippen molar-refractivity contribution < 1.29 is 8.42 Å². The number of anilines is 2. The summed E-state index contributed by atoms with van der Waals surface area (Å²) in [6.07, 6.45) is 0.894. The van der Waals surface area contributed by atoms with Crippen molar-refractivity contribution in [1.29, 1.82) is 0 Å². The SMILES string of the molecule is CCc1ccc(S(=O)(=O)N2CCN(c3nc(C)cc(N4CCN(C)CC4)n3)CC2)cc1. The molecule has 2 saturated heterocycles. The van der Waals surface area contributed by atoms with Gasteiger partial charge in [0.1, 0.15) is 5.82 Å². The van der Waals surface area contributed by atoms with Crippen LogP contribution in [0.3, 0.4) is 0 Å². The molecule has 0 spiro atoms. The number of hydrogen-bond acceptors (Lipinski definition) is 7. The van der Waals surface area contributed by atoms with E-state index in [4.69, 9.17) is 4.98 Å². The molecule has 1 aromatic carbocycles. The number of nitrogens with zero attached hydrogens (tertiary/aromatic N) is 6. The Morgan fingerprint density at radius 3 is 2.10 bits per heavy atom. The summed E-state index contributed by atoms with van der Waals surface area (Å²) in [6.45, 7) is 10.0. The Balaban J connectivity index is 1.44. The summed E-state index contributed by atoms with van der Waals surface area (Å²) in [5.41, 5.74) is 2.07. The maximum absolute atomic E-state index is 13.0. The average Bonchev–Trinajstić information content (AvgIpc) is 2.79. The second-order valence-corrected chi connectivity index (χ2v) is 10.3. The maximum Gasteiger partial charge on any atom is 0.243 e. The summed E-state index contributed by atoms with van der Waals surface area (Å²) in [4.78, 5) is 16.6. The van der Waals surface area contributed by atoms with Gasteiger partial charge in [0.25, 0.3) is 0 Å². The number of piperazine rings is 2. The van der Waals surface area contributed by atoms with Gasteiger partial charge >= 0.3 is 0 Å². The second kappa shape index (κ2) is 9.10. The number of aromatic nitrogens is 2. The number of hydrogen-bond donors (Lipinski definition) is 0. The molecule has 2 aromatic rings. The lowest BCUT2D eigenvalue weighted by Gasteiger charge is -2.36. The van der Waals surface area contributed by atoms with Crippen LogP contribution >= 0.6 is 0 Å². The van der Waals surface area contributed by atoms with Crippen LogP contribution in [0.2, 0.25) is 0 Å². The van der Waals surface area contributed by atoms with Gasteiger partial charge in [-0.2, -0.15) is 9.29 Å². The van der Waals surface area contributed by atoms with Crippen molar-refractivity contribution in [3.8, 4) is 0 Å². The lowest BCUT2D eigenvalue weighted by atomic mass is 10.2. The van der Waals surface area contributed by atoms with Crippen LogP contribution in [0, 0.1) is 6.92 Å². The molecule has 0 N–H and O–H groups in total. The topological polar surface area (TPSA) is 72.9 Å². The van der Waals surface area contributed by atoms with Gasteiger partial charge < -0.3 is 14.7 Å². The Morgan fingerprint density at radius 1 is 0.871 bits per heavy atom. The highest BCUT2D eigenvalue weighted by atomic mass is 32.2. The molecule has 0 bridgehead atoms. The van der Waals surface area contributed by atoms with E-state index < -0.39 is 10.0 Å². The summed E-state index contributed by atoms with van der Waals surface area (Å²) < 4.78 is 27.6. The third-order valence-electron chi connectivity index (χ3n) is 6.15. The fraction of sp³-hybridized carbons (Fsp3) is 0.545. The number of rotatable bonds is 5. The van der Waals surface area contributed by atoms with Crippen molar-refractivity contribution >= 4 is 21.8 Å². The summed E-state index contributed by atoms with van der Waals surface area (Å²) in [5.74, 6) is 1.65. The van der Waals surface area contributed by atoms with E-state index in [1.165, 1.54) is 0 Å². The fourth-order valence-electron chi connectivity index (χ4n) is 4.05. The van der Waals surface area contributed by atoms with Gasteiger partial charge in [-0.3, -0.25) is 0 Å². The molecule has 9 heteroatoms. The van der Waals surface area contributed by atoms with Crippen LogP contribution in [-0.4, -0.2) is 87.0 Å². The van der Waals surface area contributed by atoms with Gasteiger partial charge in [0.2, 0.25) is 16.0 Å². The maximum atomic E-state index is 13.0. The molecule has 2 aliphatic rings. The first-order valence-electron chi connectivity index (χ1n) is 11.0. The molecule has 4 rings (SSSR count). The van der Waals surface area contributed by atoms with Crippen LogP contribution in [0.15, 0.2) is 35.2 Å². The van der Waals surface area contributed by atoms with Gasteiger partial charge in [-0.15, -0.1) is 0 Å². The molecule has 168 valence electrons. The van der Waals surface area contributed by atoms with Crippen LogP contribution in [0.5, 0.6) is 0 Å². The zero-order valence-electron chi connectivity index (χ0n) is 18.7. The third-order valence-corrected chi connectivity index (χ3v) is 8.06. The van der Waals surface area contributed by atoms with Crippen molar-refractivity contribution in [3.05, 3.63) is 41.6 Å². The molecular weight excluding hydrogens is 412 g/mol. The normalized spacial score (nSPS) is 19.1. The smallest absolute Gasteiger partial charge is 0.243 e. The predicted octanol–water partition coefficient (Wildman–Crippen LogP) is 1.61. The Morgan fingerprint density at radius 2 is 1.48 bits per heavy atom. The van der Waals surface area contributed by atoms with Gasteiger partial charge in [-0.1, -0.05) is 19.1 Å². The zero-order valence-corrected chi connectivity index (χ0v) is 19.5. The van der Waals surface area contributed by atoms with E-state index in [-0.39, 0.29) is 0 Å². The standard InChI is InChI=1S/C22H32N6O2S/c1-4-19-5-7-20(8-6-19)31(29,30)28-15-13-27(14-16-28)22-23-18(2)17-21(24-22)26-11-9-25(3)10-12-26/h5-8,17H,4,9-16H2,1-3H3. The fourth-order valence-corrected chi connectivity index (χ4v) is 5.47. The summed E-state index contributed by atoms with van der Waals surface area (Å²) in [7, 11) is -1.34. The molecule has 0 radical (unpaired) electrons. The number of benzene rings is 1. The number of likely N-dealkylation sites (N-methyl/N-ethyl adjacent to an activating group) is 1. The van der Waals surface area contributed by atoms with E-state index in [2.05, 4.69) is 33.7 Å². The van der Waals surface area contributed by atoms with Gasteiger partial charge in [-0.05, 0) is 38.1 Å². The van der Waals surface area contributed by atoms with Crippen LogP contribution in [0.1, 0.15) is 18.2 Å². The Kier molecular flexibility index (Phi) is 6.45. The lowest BCUT2D eigenvalue weighted by molar-refractivity contribution is 0.312. The Hall–Kier alpha value is -2.23.